The van der Waals surface area contributed by atoms with Gasteiger partial charge in [0.1, 0.15) is 0 Å². The summed E-state index contributed by atoms with van der Waals surface area (Å²) >= 11 is 0. The third kappa shape index (κ3) is 9.42. The van der Waals surface area contributed by atoms with Crippen LogP contribution >= 0.6 is 0 Å². The second kappa shape index (κ2) is 11.5. The van der Waals surface area contributed by atoms with Crippen LogP contribution in [0.2, 0.25) is 0 Å². The minimum Gasteiger partial charge on any atom is -0.385 e. The van der Waals surface area contributed by atoms with Gasteiger partial charge in [0.25, 0.3) is 0 Å². The normalized spacial score (nSPS) is 12.7. The molecule has 0 fully saturated rings. The Balaban J connectivity index is 3.61. The molecule has 0 bridgehead atoms. The molecule has 0 aliphatic rings. The molecule has 108 valence electrons. The third-order valence-corrected chi connectivity index (χ3v) is 3.32. The van der Waals surface area contributed by atoms with Crippen LogP contribution in [0.1, 0.15) is 46.0 Å². The molecule has 1 unspecified atom stereocenters. The van der Waals surface area contributed by atoms with Crippen LogP contribution < -0.4 is 11.1 Å². The number of unbranched alkanes of at least 4 members (excludes halogenated alkanes) is 1. The van der Waals surface area contributed by atoms with Gasteiger partial charge in [0.2, 0.25) is 5.91 Å². The van der Waals surface area contributed by atoms with E-state index in [1.165, 1.54) is 0 Å². The van der Waals surface area contributed by atoms with Gasteiger partial charge in [0.15, 0.2) is 0 Å². The molecule has 1 amide bonds. The lowest BCUT2D eigenvalue weighted by molar-refractivity contribution is -0.121. The van der Waals surface area contributed by atoms with Gasteiger partial charge in [-0.25, -0.2) is 0 Å². The summed E-state index contributed by atoms with van der Waals surface area (Å²) in [6, 6.07) is 0. The lowest BCUT2D eigenvalue weighted by atomic mass is 9.88. The Kier molecular flexibility index (Phi) is 11.1. The predicted octanol–water partition coefficient (Wildman–Crippen LogP) is 1.93. The summed E-state index contributed by atoms with van der Waals surface area (Å²) in [7, 11) is 1.70. The number of methoxy groups -OCH3 is 1. The van der Waals surface area contributed by atoms with Crippen LogP contribution in [0, 0.1) is 11.8 Å². The molecule has 0 rings (SSSR count). The predicted molar refractivity (Wildman–Crippen MR) is 75.4 cm³/mol. The van der Waals surface area contributed by atoms with Crippen LogP contribution in [-0.2, 0) is 9.53 Å². The van der Waals surface area contributed by atoms with Crippen molar-refractivity contribution in [1.29, 1.82) is 0 Å². The maximum absolute atomic E-state index is 11.6. The van der Waals surface area contributed by atoms with Gasteiger partial charge in [0, 0.05) is 26.7 Å². The van der Waals surface area contributed by atoms with E-state index in [-0.39, 0.29) is 5.91 Å². The monoisotopic (exact) mass is 258 g/mol. The summed E-state index contributed by atoms with van der Waals surface area (Å²) in [5.41, 5.74) is 5.59. The Morgan fingerprint density at radius 1 is 1.28 bits per heavy atom. The van der Waals surface area contributed by atoms with E-state index in [9.17, 15) is 4.79 Å². The number of amides is 1. The van der Waals surface area contributed by atoms with Gasteiger partial charge in [-0.3, -0.25) is 4.79 Å². The Hall–Kier alpha value is -0.610. The Bertz CT molecular complexity index is 208. The summed E-state index contributed by atoms with van der Waals surface area (Å²) in [5.74, 6) is 1.33. The minimum atomic E-state index is 0.162. The zero-order valence-electron chi connectivity index (χ0n) is 12.2. The molecule has 4 nitrogen and oxygen atoms in total. The average molecular weight is 258 g/mol. The first-order valence-corrected chi connectivity index (χ1v) is 7.07. The van der Waals surface area contributed by atoms with Crippen LogP contribution in [0.4, 0.5) is 0 Å². The van der Waals surface area contributed by atoms with Gasteiger partial charge in [-0.05, 0) is 44.1 Å². The van der Waals surface area contributed by atoms with E-state index in [0.717, 1.165) is 38.8 Å². The van der Waals surface area contributed by atoms with Gasteiger partial charge < -0.3 is 15.8 Å². The highest BCUT2D eigenvalue weighted by atomic mass is 16.5. The van der Waals surface area contributed by atoms with Crippen molar-refractivity contribution in [3.63, 3.8) is 0 Å². The van der Waals surface area contributed by atoms with Crippen molar-refractivity contribution in [2.45, 2.75) is 46.0 Å². The molecule has 0 saturated heterocycles. The van der Waals surface area contributed by atoms with E-state index in [2.05, 4.69) is 19.2 Å². The molecule has 4 heteroatoms. The van der Waals surface area contributed by atoms with E-state index in [0.29, 0.717) is 24.8 Å². The third-order valence-electron chi connectivity index (χ3n) is 3.32. The molecule has 0 radical (unpaired) electrons. The number of nitrogens with two attached hydrogens (primary N) is 1. The van der Waals surface area contributed by atoms with E-state index >= 15 is 0 Å². The fourth-order valence-corrected chi connectivity index (χ4v) is 2.03. The first-order chi connectivity index (χ1) is 8.61. The van der Waals surface area contributed by atoms with Crippen molar-refractivity contribution in [3.8, 4) is 0 Å². The lowest BCUT2D eigenvalue weighted by Crippen LogP contribution is -2.26. The molecule has 0 aliphatic carbocycles. The molecule has 0 aromatic carbocycles. The highest BCUT2D eigenvalue weighted by molar-refractivity contribution is 5.75. The number of nitrogens with one attached hydrogen (secondary N) is 1. The SMILES string of the molecule is COCCCCNC(=O)CCC(CCN)C(C)C. The maximum Gasteiger partial charge on any atom is 0.220 e. The number of rotatable bonds is 11. The smallest absolute Gasteiger partial charge is 0.220 e. The van der Waals surface area contributed by atoms with Crippen LogP contribution in [0.3, 0.4) is 0 Å². The quantitative estimate of drug-likeness (QED) is 0.557. The van der Waals surface area contributed by atoms with Crippen molar-refractivity contribution in [3.05, 3.63) is 0 Å². The van der Waals surface area contributed by atoms with Crippen LogP contribution in [-0.4, -0.2) is 32.7 Å². The minimum absolute atomic E-state index is 0.162. The summed E-state index contributed by atoms with van der Waals surface area (Å²) in [4.78, 5) is 11.6. The van der Waals surface area contributed by atoms with E-state index in [1.807, 2.05) is 0 Å². The average Bonchev–Trinajstić information content (AvgIpc) is 2.33. The standard InChI is InChI=1S/C14H30N2O2/c1-12(2)13(8-9-15)6-7-14(17)16-10-4-5-11-18-3/h12-13H,4-11,15H2,1-3H3,(H,16,17). The van der Waals surface area contributed by atoms with Crippen molar-refractivity contribution in [2.24, 2.45) is 17.6 Å². The van der Waals surface area contributed by atoms with Gasteiger partial charge in [-0.15, -0.1) is 0 Å². The second-order valence-corrected chi connectivity index (χ2v) is 5.17. The molecule has 0 heterocycles. The van der Waals surface area contributed by atoms with E-state index in [4.69, 9.17) is 10.5 Å². The maximum atomic E-state index is 11.6. The molecule has 0 saturated carbocycles. The van der Waals surface area contributed by atoms with Gasteiger partial charge in [0.05, 0.1) is 0 Å². The fraction of sp³-hybridized carbons (Fsp3) is 0.929. The van der Waals surface area contributed by atoms with Crippen molar-refractivity contribution < 1.29 is 9.53 Å². The number of hydrogen-bond donors (Lipinski definition) is 2. The van der Waals surface area contributed by atoms with Crippen LogP contribution in [0.15, 0.2) is 0 Å². The molecule has 0 aliphatic heterocycles. The molecule has 18 heavy (non-hydrogen) atoms. The molecule has 0 spiro atoms. The van der Waals surface area contributed by atoms with Gasteiger partial charge in [-0.2, -0.15) is 0 Å². The zero-order valence-corrected chi connectivity index (χ0v) is 12.2. The summed E-state index contributed by atoms with van der Waals surface area (Å²) < 4.78 is 4.96. The Morgan fingerprint density at radius 2 is 2.00 bits per heavy atom. The van der Waals surface area contributed by atoms with Crippen LogP contribution in [0.25, 0.3) is 0 Å². The second-order valence-electron chi connectivity index (χ2n) is 5.17. The largest absolute Gasteiger partial charge is 0.385 e. The molecule has 1 atom stereocenters. The summed E-state index contributed by atoms with van der Waals surface area (Å²) in [5, 5.41) is 2.95. The fourth-order valence-electron chi connectivity index (χ4n) is 2.03. The van der Waals surface area contributed by atoms with Crippen molar-refractivity contribution >= 4 is 5.91 Å². The Labute approximate surface area is 112 Å². The molecule has 3 N–H and O–H groups in total. The molecular formula is C14H30N2O2. The number of hydrogen-bond acceptors (Lipinski definition) is 3. The summed E-state index contributed by atoms with van der Waals surface area (Å²) in [6.45, 7) is 6.63. The number of carbonyl (C=O) groups excluding carboxylic acids is 1. The molecular weight excluding hydrogens is 228 g/mol. The van der Waals surface area contributed by atoms with Gasteiger partial charge in [-0.1, -0.05) is 13.8 Å². The first kappa shape index (κ1) is 17.4. The number of carbonyl (C=O) groups is 1. The topological polar surface area (TPSA) is 64.3 Å². The molecule has 0 aromatic heterocycles. The van der Waals surface area contributed by atoms with Crippen LogP contribution in [0.5, 0.6) is 0 Å². The zero-order chi connectivity index (χ0) is 13.8. The van der Waals surface area contributed by atoms with Crippen molar-refractivity contribution in [1.82, 2.24) is 5.32 Å². The van der Waals surface area contributed by atoms with E-state index in [1.54, 1.807) is 7.11 Å². The first-order valence-electron chi connectivity index (χ1n) is 7.07. The highest BCUT2D eigenvalue weighted by Gasteiger charge is 2.14. The van der Waals surface area contributed by atoms with Gasteiger partial charge >= 0.3 is 0 Å². The lowest BCUT2D eigenvalue weighted by Gasteiger charge is -2.19. The number of ether oxygens (including phenoxy) is 1. The van der Waals surface area contributed by atoms with Crippen molar-refractivity contribution in [2.75, 3.05) is 26.8 Å². The van der Waals surface area contributed by atoms with E-state index < -0.39 is 0 Å². The summed E-state index contributed by atoms with van der Waals surface area (Å²) in [6.07, 6.45) is 4.55. The highest BCUT2D eigenvalue weighted by Crippen LogP contribution is 2.20. The Morgan fingerprint density at radius 3 is 2.56 bits per heavy atom. The molecule has 0 aromatic rings.